The molecule has 18 heavy (non-hydrogen) atoms. The van der Waals surface area contributed by atoms with E-state index in [9.17, 15) is 5.11 Å². The first-order chi connectivity index (χ1) is 8.54. The van der Waals surface area contributed by atoms with Crippen molar-refractivity contribution in [3.63, 3.8) is 0 Å². The molecule has 0 amide bonds. The molecule has 1 aromatic carbocycles. The average Bonchev–Trinajstić information content (AvgIpc) is 2.77. The maximum Gasteiger partial charge on any atom is 0.138 e. The lowest BCUT2D eigenvalue weighted by molar-refractivity contribution is 0.0432. The zero-order chi connectivity index (χ0) is 13.3. The molecule has 1 saturated heterocycles. The van der Waals surface area contributed by atoms with E-state index >= 15 is 0 Å². The number of hydrogen-bond donors (Lipinski definition) is 1. The maximum absolute atomic E-state index is 10.4. The minimum absolute atomic E-state index is 0.0249. The Kier molecular flexibility index (Phi) is 4.38. The van der Waals surface area contributed by atoms with Crippen LogP contribution in [-0.2, 0) is 4.74 Å². The SMILES string of the molecule is COc1cc(Cl)c(C(O)C2CCOC2C)cc1Cl. The van der Waals surface area contributed by atoms with Crippen molar-refractivity contribution in [3.8, 4) is 5.75 Å². The predicted molar refractivity (Wildman–Crippen MR) is 71.5 cm³/mol. The van der Waals surface area contributed by atoms with E-state index < -0.39 is 6.10 Å². The van der Waals surface area contributed by atoms with Crippen LogP contribution < -0.4 is 4.74 Å². The number of aliphatic hydroxyl groups is 1. The highest BCUT2D eigenvalue weighted by Crippen LogP contribution is 2.39. The predicted octanol–water partition coefficient (Wildman–Crippen LogP) is 3.46. The third kappa shape index (κ3) is 2.59. The standard InChI is InChI=1S/C13H16Cl2O3/c1-7-8(3-4-18-7)13(16)9-5-11(15)12(17-2)6-10(9)14/h5-8,13,16H,3-4H2,1-2H3. The van der Waals surface area contributed by atoms with Crippen molar-refractivity contribution in [2.24, 2.45) is 5.92 Å². The largest absolute Gasteiger partial charge is 0.495 e. The first kappa shape index (κ1) is 13.9. The summed E-state index contributed by atoms with van der Waals surface area (Å²) in [5.74, 6) is 0.556. The number of halogens is 2. The molecule has 3 nitrogen and oxygen atoms in total. The van der Waals surface area contributed by atoms with Gasteiger partial charge in [-0.2, -0.15) is 0 Å². The van der Waals surface area contributed by atoms with Gasteiger partial charge in [-0.15, -0.1) is 0 Å². The fourth-order valence-electron chi connectivity index (χ4n) is 2.32. The quantitative estimate of drug-likeness (QED) is 0.927. The molecule has 1 aromatic rings. The van der Waals surface area contributed by atoms with E-state index in [-0.39, 0.29) is 12.0 Å². The van der Waals surface area contributed by atoms with E-state index in [1.807, 2.05) is 6.92 Å². The highest BCUT2D eigenvalue weighted by molar-refractivity contribution is 6.34. The Labute approximate surface area is 117 Å². The molecular formula is C13H16Cl2O3. The van der Waals surface area contributed by atoms with Crippen molar-refractivity contribution >= 4 is 23.2 Å². The Morgan fingerprint density at radius 3 is 2.67 bits per heavy atom. The molecule has 1 aliphatic heterocycles. The highest BCUT2D eigenvalue weighted by atomic mass is 35.5. The number of benzene rings is 1. The van der Waals surface area contributed by atoms with E-state index in [2.05, 4.69) is 0 Å². The highest BCUT2D eigenvalue weighted by Gasteiger charge is 2.33. The van der Waals surface area contributed by atoms with Crippen molar-refractivity contribution in [2.75, 3.05) is 13.7 Å². The van der Waals surface area contributed by atoms with Gasteiger partial charge in [-0.3, -0.25) is 0 Å². The molecule has 1 N–H and O–H groups in total. The molecule has 0 radical (unpaired) electrons. The second kappa shape index (κ2) is 5.66. The molecule has 0 spiro atoms. The molecule has 5 heteroatoms. The lowest BCUT2D eigenvalue weighted by Gasteiger charge is -2.22. The Morgan fingerprint density at radius 2 is 2.11 bits per heavy atom. The molecule has 3 atom stereocenters. The van der Waals surface area contributed by atoms with Gasteiger partial charge >= 0.3 is 0 Å². The molecule has 3 unspecified atom stereocenters. The van der Waals surface area contributed by atoms with Gasteiger partial charge in [-0.1, -0.05) is 23.2 Å². The molecule has 0 saturated carbocycles. The summed E-state index contributed by atoms with van der Waals surface area (Å²) in [7, 11) is 1.53. The number of methoxy groups -OCH3 is 1. The van der Waals surface area contributed by atoms with Gasteiger partial charge in [0.05, 0.1) is 29.4 Å². The molecule has 0 aromatic heterocycles. The average molecular weight is 291 g/mol. The van der Waals surface area contributed by atoms with E-state index in [0.717, 1.165) is 6.42 Å². The van der Waals surface area contributed by atoms with Crippen molar-refractivity contribution in [1.29, 1.82) is 0 Å². The topological polar surface area (TPSA) is 38.7 Å². The van der Waals surface area contributed by atoms with Gasteiger partial charge < -0.3 is 14.6 Å². The van der Waals surface area contributed by atoms with E-state index in [4.69, 9.17) is 32.7 Å². The van der Waals surface area contributed by atoms with E-state index in [0.29, 0.717) is 28.0 Å². The van der Waals surface area contributed by atoms with Crippen LogP contribution in [-0.4, -0.2) is 24.9 Å². The Balaban J connectivity index is 2.30. The lowest BCUT2D eigenvalue weighted by Crippen LogP contribution is -2.20. The monoisotopic (exact) mass is 290 g/mol. The Morgan fingerprint density at radius 1 is 1.39 bits per heavy atom. The van der Waals surface area contributed by atoms with Crippen LogP contribution in [0.15, 0.2) is 12.1 Å². The number of hydrogen-bond acceptors (Lipinski definition) is 3. The summed E-state index contributed by atoms with van der Waals surface area (Å²) in [4.78, 5) is 0. The van der Waals surface area contributed by atoms with Crippen LogP contribution in [0, 0.1) is 5.92 Å². The van der Waals surface area contributed by atoms with Crippen LogP contribution in [0.3, 0.4) is 0 Å². The summed E-state index contributed by atoms with van der Waals surface area (Å²) in [6, 6.07) is 3.29. The molecule has 1 fully saturated rings. The molecule has 0 bridgehead atoms. The first-order valence-corrected chi connectivity index (χ1v) is 6.62. The van der Waals surface area contributed by atoms with E-state index in [1.54, 1.807) is 12.1 Å². The van der Waals surface area contributed by atoms with Crippen LogP contribution in [0.2, 0.25) is 10.0 Å². The normalized spacial score (nSPS) is 25.2. The Hall–Kier alpha value is -0.480. The summed E-state index contributed by atoms with van der Waals surface area (Å²) >= 11 is 12.2. The lowest BCUT2D eigenvalue weighted by atomic mass is 9.90. The van der Waals surface area contributed by atoms with Crippen LogP contribution in [0.25, 0.3) is 0 Å². The van der Waals surface area contributed by atoms with Crippen LogP contribution in [0.5, 0.6) is 5.75 Å². The second-order valence-corrected chi connectivity index (χ2v) is 5.30. The summed E-state index contributed by atoms with van der Waals surface area (Å²) < 4.78 is 10.5. The van der Waals surface area contributed by atoms with Gasteiger partial charge in [-0.05, 0) is 19.4 Å². The third-order valence-electron chi connectivity index (χ3n) is 3.43. The van der Waals surface area contributed by atoms with Crippen LogP contribution in [0.1, 0.15) is 25.0 Å². The fraction of sp³-hybridized carbons (Fsp3) is 0.538. The minimum Gasteiger partial charge on any atom is -0.495 e. The van der Waals surface area contributed by atoms with Gasteiger partial charge in [-0.25, -0.2) is 0 Å². The zero-order valence-corrected chi connectivity index (χ0v) is 11.8. The zero-order valence-electron chi connectivity index (χ0n) is 10.3. The summed E-state index contributed by atoms with van der Waals surface area (Å²) in [5, 5.41) is 11.3. The molecule has 1 heterocycles. The fourth-order valence-corrected chi connectivity index (χ4v) is 2.84. The second-order valence-electron chi connectivity index (χ2n) is 4.48. The van der Waals surface area contributed by atoms with Gasteiger partial charge in [0.25, 0.3) is 0 Å². The van der Waals surface area contributed by atoms with Gasteiger partial charge in [0.15, 0.2) is 0 Å². The van der Waals surface area contributed by atoms with Crippen molar-refractivity contribution in [2.45, 2.75) is 25.6 Å². The molecule has 100 valence electrons. The van der Waals surface area contributed by atoms with Gasteiger partial charge in [0.1, 0.15) is 5.75 Å². The number of aliphatic hydroxyl groups excluding tert-OH is 1. The number of rotatable bonds is 3. The molecule has 0 aliphatic carbocycles. The van der Waals surface area contributed by atoms with Gasteiger partial charge in [0, 0.05) is 24.2 Å². The molecule has 2 rings (SSSR count). The van der Waals surface area contributed by atoms with Crippen molar-refractivity contribution in [1.82, 2.24) is 0 Å². The van der Waals surface area contributed by atoms with Crippen molar-refractivity contribution < 1.29 is 14.6 Å². The van der Waals surface area contributed by atoms with Crippen LogP contribution in [0.4, 0.5) is 0 Å². The summed E-state index contributed by atoms with van der Waals surface area (Å²) in [6.07, 6.45) is 0.179. The van der Waals surface area contributed by atoms with Gasteiger partial charge in [0.2, 0.25) is 0 Å². The van der Waals surface area contributed by atoms with E-state index in [1.165, 1.54) is 7.11 Å². The summed E-state index contributed by atoms with van der Waals surface area (Å²) in [5.41, 5.74) is 0.629. The first-order valence-electron chi connectivity index (χ1n) is 5.87. The van der Waals surface area contributed by atoms with Crippen molar-refractivity contribution in [3.05, 3.63) is 27.7 Å². The minimum atomic E-state index is -0.668. The molecular weight excluding hydrogens is 275 g/mol. The Bertz CT molecular complexity index is 436. The maximum atomic E-state index is 10.4. The summed E-state index contributed by atoms with van der Waals surface area (Å²) in [6.45, 7) is 2.63. The smallest absolute Gasteiger partial charge is 0.138 e. The third-order valence-corrected chi connectivity index (χ3v) is 4.05. The number of ether oxygens (including phenoxy) is 2. The molecule has 1 aliphatic rings. The van der Waals surface area contributed by atoms with Crippen LogP contribution >= 0.6 is 23.2 Å².